The fourth-order valence-corrected chi connectivity index (χ4v) is 0.643. The van der Waals surface area contributed by atoms with E-state index in [1.165, 1.54) is 0 Å². The first-order valence-corrected chi connectivity index (χ1v) is 4.89. The van der Waals surface area contributed by atoms with Crippen LogP contribution in [0.25, 0.3) is 0 Å². The second-order valence-corrected chi connectivity index (χ2v) is 2.97. The van der Waals surface area contributed by atoms with E-state index in [1.54, 1.807) is 0 Å². The third-order valence-corrected chi connectivity index (χ3v) is 1.45. The van der Waals surface area contributed by atoms with Crippen LogP contribution >= 0.6 is 0 Å². The summed E-state index contributed by atoms with van der Waals surface area (Å²) in [5.41, 5.74) is 25.1. The van der Waals surface area contributed by atoms with Gasteiger partial charge < -0.3 is 33.8 Å². The van der Waals surface area contributed by atoms with Crippen molar-refractivity contribution in [2.75, 3.05) is 19.6 Å². The first-order chi connectivity index (χ1) is 7.45. The second kappa shape index (κ2) is 14.6. The highest BCUT2D eigenvalue weighted by molar-refractivity contribution is 5.75. The van der Waals surface area contributed by atoms with Gasteiger partial charge in [0.15, 0.2) is 5.96 Å². The van der Waals surface area contributed by atoms with Gasteiger partial charge in [-0.05, 0) is 12.8 Å². The Hall–Kier alpha value is -1.38. The molecule has 8 nitrogen and oxygen atoms in total. The molecule has 1 atom stereocenters. The first kappa shape index (κ1) is 21.0. The molecule has 0 heterocycles. The van der Waals surface area contributed by atoms with Crippen LogP contribution < -0.4 is 28.7 Å². The lowest BCUT2D eigenvalue weighted by molar-refractivity contribution is -0.138. The summed E-state index contributed by atoms with van der Waals surface area (Å²) in [4.78, 5) is 13.9. The molecule has 0 aromatic carbocycles. The quantitative estimate of drug-likeness (QED) is 0.179. The average Bonchev–Trinajstić information content (AvgIpc) is 2.24. The van der Waals surface area contributed by atoms with Gasteiger partial charge in [-0.15, -0.1) is 0 Å². The van der Waals surface area contributed by atoms with E-state index in [0.29, 0.717) is 32.5 Å². The Morgan fingerprint density at radius 1 is 1.24 bits per heavy atom. The van der Waals surface area contributed by atoms with Crippen LogP contribution in [0, 0.1) is 0 Å². The zero-order valence-electron chi connectivity index (χ0n) is 9.30. The molecule has 11 N–H and O–H groups in total. The summed E-state index contributed by atoms with van der Waals surface area (Å²) in [6.45, 7) is 1.61. The SMILES string of the molecule is C.NC(N)=NCCCC(N)C(=O)O.NCCN. The molecule has 0 aromatic heterocycles. The minimum absolute atomic E-state index is 0. The number of aliphatic imine (C=N–C) groups is 1. The third-order valence-electron chi connectivity index (χ3n) is 1.45. The van der Waals surface area contributed by atoms with Gasteiger partial charge in [0.05, 0.1) is 0 Å². The van der Waals surface area contributed by atoms with Crippen LogP contribution in [0.15, 0.2) is 4.99 Å². The molecule has 0 saturated carbocycles. The highest BCUT2D eigenvalue weighted by Crippen LogP contribution is 1.94. The molecular weight excluding hydrogens is 224 g/mol. The smallest absolute Gasteiger partial charge is 0.320 e. The lowest BCUT2D eigenvalue weighted by Gasteiger charge is -2.03. The molecule has 0 bridgehead atoms. The average molecular weight is 250 g/mol. The minimum Gasteiger partial charge on any atom is -0.480 e. The molecule has 0 aromatic rings. The summed E-state index contributed by atoms with van der Waals surface area (Å²) in [6.07, 6.45) is 0.956. The molecule has 0 fully saturated rings. The summed E-state index contributed by atoms with van der Waals surface area (Å²) >= 11 is 0. The maximum atomic E-state index is 10.2. The van der Waals surface area contributed by atoms with Crippen molar-refractivity contribution in [3.8, 4) is 0 Å². The van der Waals surface area contributed by atoms with Crippen molar-refractivity contribution in [1.82, 2.24) is 0 Å². The molecule has 1 unspecified atom stereocenters. The van der Waals surface area contributed by atoms with E-state index < -0.39 is 12.0 Å². The molecule has 8 heteroatoms. The van der Waals surface area contributed by atoms with E-state index in [1.807, 2.05) is 0 Å². The van der Waals surface area contributed by atoms with Gasteiger partial charge in [0, 0.05) is 19.6 Å². The van der Waals surface area contributed by atoms with Gasteiger partial charge in [-0.25, -0.2) is 0 Å². The van der Waals surface area contributed by atoms with Crippen molar-refractivity contribution in [3.63, 3.8) is 0 Å². The highest BCUT2D eigenvalue weighted by Gasteiger charge is 2.09. The summed E-state index contributed by atoms with van der Waals surface area (Å²) in [7, 11) is 0. The first-order valence-electron chi connectivity index (χ1n) is 4.89. The van der Waals surface area contributed by atoms with Crippen molar-refractivity contribution in [2.45, 2.75) is 26.3 Å². The number of nitrogens with zero attached hydrogens (tertiary/aromatic N) is 1. The Morgan fingerprint density at radius 3 is 2.00 bits per heavy atom. The molecule has 0 radical (unpaired) electrons. The number of aliphatic carboxylic acids is 1. The fourth-order valence-electron chi connectivity index (χ4n) is 0.643. The number of carboxylic acid groups (broad SMARTS) is 1. The number of guanidine groups is 1. The van der Waals surface area contributed by atoms with Crippen LogP contribution in [-0.4, -0.2) is 42.7 Å². The monoisotopic (exact) mass is 250 g/mol. The van der Waals surface area contributed by atoms with E-state index in [-0.39, 0.29) is 13.4 Å². The number of hydrogen-bond acceptors (Lipinski definition) is 5. The highest BCUT2D eigenvalue weighted by atomic mass is 16.4. The van der Waals surface area contributed by atoms with Gasteiger partial charge in [-0.3, -0.25) is 9.79 Å². The number of nitrogens with two attached hydrogens (primary N) is 5. The number of rotatable bonds is 6. The van der Waals surface area contributed by atoms with E-state index in [0.717, 1.165) is 0 Å². The molecule has 0 spiro atoms. The Kier molecular flexibility index (Phi) is 18.0. The third kappa shape index (κ3) is 20.6. The van der Waals surface area contributed by atoms with E-state index in [4.69, 9.17) is 33.8 Å². The predicted molar refractivity (Wildman–Crippen MR) is 70.4 cm³/mol. The van der Waals surface area contributed by atoms with Crippen LogP contribution in [0.3, 0.4) is 0 Å². The van der Waals surface area contributed by atoms with Crippen LogP contribution in [0.4, 0.5) is 0 Å². The number of hydrogen-bond donors (Lipinski definition) is 6. The van der Waals surface area contributed by atoms with Gasteiger partial charge in [0.2, 0.25) is 0 Å². The van der Waals surface area contributed by atoms with Gasteiger partial charge >= 0.3 is 5.97 Å². The minimum atomic E-state index is -1.00. The maximum Gasteiger partial charge on any atom is 0.320 e. The Morgan fingerprint density at radius 2 is 1.71 bits per heavy atom. The van der Waals surface area contributed by atoms with Crippen molar-refractivity contribution in [1.29, 1.82) is 0 Å². The maximum absolute atomic E-state index is 10.2. The Labute approximate surface area is 102 Å². The molecule has 0 amide bonds. The van der Waals surface area contributed by atoms with Crippen molar-refractivity contribution in [3.05, 3.63) is 0 Å². The zero-order chi connectivity index (χ0) is 13.0. The molecule has 0 aliphatic carbocycles. The van der Waals surface area contributed by atoms with E-state index in [2.05, 4.69) is 4.99 Å². The molecule has 0 rings (SSSR count). The summed E-state index contributed by atoms with van der Waals surface area (Å²) < 4.78 is 0. The summed E-state index contributed by atoms with van der Waals surface area (Å²) in [5, 5.41) is 8.38. The Bertz CT molecular complexity index is 204. The van der Waals surface area contributed by atoms with E-state index >= 15 is 0 Å². The van der Waals surface area contributed by atoms with Crippen molar-refractivity contribution in [2.24, 2.45) is 33.7 Å². The number of carbonyl (C=O) groups is 1. The molecule has 0 saturated heterocycles. The molecule has 17 heavy (non-hydrogen) atoms. The zero-order valence-corrected chi connectivity index (χ0v) is 9.30. The van der Waals surface area contributed by atoms with Crippen LogP contribution in [-0.2, 0) is 4.79 Å². The van der Waals surface area contributed by atoms with Gasteiger partial charge in [0.25, 0.3) is 0 Å². The normalized spacial score (nSPS) is 10.3. The summed E-state index contributed by atoms with van der Waals surface area (Å²) in [5.74, 6) is -0.987. The number of carboxylic acids is 1. The fraction of sp³-hybridized carbons (Fsp3) is 0.778. The molecule has 104 valence electrons. The predicted octanol–water partition coefficient (Wildman–Crippen LogP) is -2.01. The summed E-state index contributed by atoms with van der Waals surface area (Å²) in [6, 6.07) is -0.820. The van der Waals surface area contributed by atoms with Gasteiger partial charge in [-0.1, -0.05) is 7.43 Å². The van der Waals surface area contributed by atoms with E-state index in [9.17, 15) is 4.79 Å². The topological polar surface area (TPSA) is 180 Å². The standard InChI is InChI=1S/C6H14N4O2.C2H8N2.CH4/c7-4(5(11)12)2-1-3-10-6(8)9;3-1-2-4;/h4H,1-3,7H2,(H,11,12)(H4,8,9,10);1-4H2;1H4. The molecular formula is C9H26N6O2. The molecule has 0 aliphatic heterocycles. The van der Waals surface area contributed by atoms with Gasteiger partial charge in [0.1, 0.15) is 6.04 Å². The van der Waals surface area contributed by atoms with Crippen LogP contribution in [0.5, 0.6) is 0 Å². The Balaban J connectivity index is -0.000000340. The molecule has 0 aliphatic rings. The van der Waals surface area contributed by atoms with Crippen molar-refractivity contribution < 1.29 is 9.90 Å². The van der Waals surface area contributed by atoms with Crippen LogP contribution in [0.2, 0.25) is 0 Å². The lowest BCUT2D eigenvalue weighted by Crippen LogP contribution is -2.30. The van der Waals surface area contributed by atoms with Crippen molar-refractivity contribution >= 4 is 11.9 Å². The second-order valence-electron chi connectivity index (χ2n) is 2.97. The van der Waals surface area contributed by atoms with Crippen LogP contribution in [0.1, 0.15) is 20.3 Å². The lowest BCUT2D eigenvalue weighted by atomic mass is 10.2. The largest absolute Gasteiger partial charge is 0.480 e. The van der Waals surface area contributed by atoms with Gasteiger partial charge in [-0.2, -0.15) is 0 Å².